The highest BCUT2D eigenvalue weighted by Crippen LogP contribution is 2.40. The predicted molar refractivity (Wildman–Crippen MR) is 147 cm³/mol. The molecule has 40 heavy (non-hydrogen) atoms. The monoisotopic (exact) mass is 552 g/mol. The van der Waals surface area contributed by atoms with E-state index in [-0.39, 0.29) is 11.0 Å². The number of nitrogens with zero attached hydrogens (tertiary/aromatic N) is 1. The highest BCUT2D eigenvalue weighted by atomic mass is 19.4. The number of aromatic nitrogens is 2. The van der Waals surface area contributed by atoms with Crippen molar-refractivity contribution in [1.82, 2.24) is 15.5 Å². The lowest BCUT2D eigenvalue weighted by Crippen LogP contribution is -2.22. The second kappa shape index (κ2) is 12.6. The Labute approximate surface area is 228 Å². The van der Waals surface area contributed by atoms with E-state index in [0.29, 0.717) is 58.8 Å². The molecule has 0 unspecified atom stereocenters. The number of primary amides is 1. The van der Waals surface area contributed by atoms with Crippen molar-refractivity contribution in [3.05, 3.63) is 107 Å². The maximum atomic E-state index is 14.4. The molecular weight excluding hydrogens is 524 g/mol. The zero-order valence-corrected chi connectivity index (χ0v) is 21.7. The number of carbonyl (C=O) groups is 1. The second-order valence-corrected chi connectivity index (χ2v) is 9.11. The van der Waals surface area contributed by atoms with E-state index in [1.165, 1.54) is 6.07 Å². The van der Waals surface area contributed by atoms with Gasteiger partial charge in [-0.3, -0.25) is 9.89 Å². The summed E-state index contributed by atoms with van der Waals surface area (Å²) in [5, 5.41) is 9.45. The smallest absolute Gasteiger partial charge is 0.393 e. The molecule has 6 nitrogen and oxygen atoms in total. The van der Waals surface area contributed by atoms with Crippen LogP contribution in [0, 0.1) is 5.95 Å². The number of benzene rings is 3. The number of nitrogens with two attached hydrogens (primary N) is 1. The van der Waals surface area contributed by atoms with Crippen LogP contribution in [0.25, 0.3) is 22.0 Å². The topological polar surface area (TPSA) is 93.0 Å². The SMILES string of the molecule is CC(=CCNCCOc1ccc(/C(=C(/CC(F)(F)F)c2ccccc2)c2ccc3n[nH]c(F)c3c2)cc1)C(N)=O. The van der Waals surface area contributed by atoms with Gasteiger partial charge in [0, 0.05) is 18.7 Å². The van der Waals surface area contributed by atoms with Crippen LogP contribution in [0.4, 0.5) is 17.6 Å². The molecule has 1 amide bonds. The molecule has 208 valence electrons. The van der Waals surface area contributed by atoms with E-state index >= 15 is 0 Å². The molecule has 1 heterocycles. The Balaban J connectivity index is 1.66. The van der Waals surface area contributed by atoms with Gasteiger partial charge in [-0.25, -0.2) is 0 Å². The van der Waals surface area contributed by atoms with Crippen molar-refractivity contribution in [2.45, 2.75) is 19.5 Å². The largest absolute Gasteiger partial charge is 0.492 e. The number of amides is 1. The van der Waals surface area contributed by atoms with E-state index in [2.05, 4.69) is 15.5 Å². The maximum absolute atomic E-state index is 14.4. The number of halogens is 4. The first kappa shape index (κ1) is 28.6. The lowest BCUT2D eigenvalue weighted by molar-refractivity contribution is -0.123. The number of fused-ring (bicyclic) bond motifs is 1. The van der Waals surface area contributed by atoms with Crippen molar-refractivity contribution in [3.8, 4) is 5.75 Å². The summed E-state index contributed by atoms with van der Waals surface area (Å²) < 4.78 is 61.7. The quantitative estimate of drug-likeness (QED) is 0.0919. The summed E-state index contributed by atoms with van der Waals surface area (Å²) in [4.78, 5) is 11.0. The van der Waals surface area contributed by atoms with Gasteiger partial charge in [0.2, 0.25) is 11.9 Å². The third-order valence-electron chi connectivity index (χ3n) is 6.23. The van der Waals surface area contributed by atoms with Crippen molar-refractivity contribution in [2.24, 2.45) is 5.73 Å². The first-order valence-electron chi connectivity index (χ1n) is 12.5. The first-order valence-corrected chi connectivity index (χ1v) is 12.5. The highest BCUT2D eigenvalue weighted by Gasteiger charge is 2.31. The number of rotatable bonds is 11. The fraction of sp³-hybridized carbons (Fsp3) is 0.200. The fourth-order valence-electron chi connectivity index (χ4n) is 4.21. The summed E-state index contributed by atoms with van der Waals surface area (Å²) in [6, 6.07) is 19.8. The number of ether oxygens (including phenoxy) is 1. The maximum Gasteiger partial charge on any atom is 0.393 e. The number of nitrogens with one attached hydrogen (secondary N) is 2. The van der Waals surface area contributed by atoms with Gasteiger partial charge < -0.3 is 15.8 Å². The Bertz CT molecular complexity index is 1530. The molecule has 3 aromatic carbocycles. The van der Waals surface area contributed by atoms with Crippen molar-refractivity contribution in [1.29, 1.82) is 0 Å². The zero-order chi connectivity index (χ0) is 28.7. The molecule has 4 aromatic rings. The van der Waals surface area contributed by atoms with Gasteiger partial charge >= 0.3 is 6.18 Å². The summed E-state index contributed by atoms with van der Waals surface area (Å²) in [5.74, 6) is -0.611. The molecule has 4 N–H and O–H groups in total. The van der Waals surface area contributed by atoms with Gasteiger partial charge in [0.05, 0.1) is 17.3 Å². The Morgan fingerprint density at radius 2 is 1.73 bits per heavy atom. The van der Waals surface area contributed by atoms with Crippen molar-refractivity contribution in [3.63, 3.8) is 0 Å². The van der Waals surface area contributed by atoms with Crippen LogP contribution < -0.4 is 15.8 Å². The minimum absolute atomic E-state index is 0.0635. The Kier molecular flexibility index (Phi) is 9.00. The van der Waals surface area contributed by atoms with Gasteiger partial charge in [-0.05, 0) is 59.0 Å². The number of H-pyrrole nitrogens is 1. The van der Waals surface area contributed by atoms with Gasteiger partial charge in [0.1, 0.15) is 12.4 Å². The van der Waals surface area contributed by atoms with Gasteiger partial charge in [-0.1, -0.05) is 54.6 Å². The van der Waals surface area contributed by atoms with Crippen LogP contribution in [0.2, 0.25) is 0 Å². The molecule has 0 fully saturated rings. The molecule has 0 aliphatic heterocycles. The molecule has 0 aliphatic carbocycles. The van der Waals surface area contributed by atoms with Gasteiger partial charge in [-0.15, -0.1) is 0 Å². The number of allylic oxidation sites excluding steroid dienone is 1. The van der Waals surface area contributed by atoms with Gasteiger partial charge in [0.25, 0.3) is 0 Å². The van der Waals surface area contributed by atoms with Crippen LogP contribution in [-0.4, -0.2) is 42.0 Å². The molecule has 0 radical (unpaired) electrons. The predicted octanol–water partition coefficient (Wildman–Crippen LogP) is 6.01. The van der Waals surface area contributed by atoms with Gasteiger partial charge in [-0.2, -0.15) is 22.7 Å². The van der Waals surface area contributed by atoms with Crippen molar-refractivity contribution in [2.75, 3.05) is 19.7 Å². The van der Waals surface area contributed by atoms with Crippen LogP contribution in [0.15, 0.2) is 84.4 Å². The van der Waals surface area contributed by atoms with Crippen LogP contribution in [-0.2, 0) is 4.79 Å². The van der Waals surface area contributed by atoms with Crippen LogP contribution in [0.5, 0.6) is 5.75 Å². The molecule has 0 saturated carbocycles. The number of carbonyl (C=O) groups excluding carboxylic acids is 1. The van der Waals surface area contributed by atoms with E-state index < -0.39 is 24.5 Å². The first-order chi connectivity index (χ1) is 19.1. The van der Waals surface area contributed by atoms with E-state index in [9.17, 15) is 22.4 Å². The third-order valence-corrected chi connectivity index (χ3v) is 6.23. The standard InChI is InChI=1S/C30H28F4N4O2/c1-19(29(35)39)13-14-36-15-16-40-23-10-7-21(8-11-23)27(22-9-12-26-24(17-22)28(31)38-37-26)25(18-30(32,33)34)20-5-3-2-4-6-20/h2-13,17,36H,14-16,18H2,1H3,(H2,35,39)(H,37,38)/b19-13?,27-25+. The summed E-state index contributed by atoms with van der Waals surface area (Å²) in [6.07, 6.45) is -3.97. The van der Waals surface area contributed by atoms with Gasteiger partial charge in [0.15, 0.2) is 0 Å². The van der Waals surface area contributed by atoms with Crippen molar-refractivity contribution < 1.29 is 27.1 Å². The molecule has 0 atom stereocenters. The Morgan fingerprint density at radius 1 is 1.02 bits per heavy atom. The minimum Gasteiger partial charge on any atom is -0.492 e. The molecule has 4 rings (SSSR count). The number of hydrogen-bond acceptors (Lipinski definition) is 4. The molecule has 10 heteroatoms. The lowest BCUT2D eigenvalue weighted by atomic mass is 9.87. The summed E-state index contributed by atoms with van der Waals surface area (Å²) >= 11 is 0. The summed E-state index contributed by atoms with van der Waals surface area (Å²) in [6.45, 7) is 2.90. The minimum atomic E-state index is -4.48. The van der Waals surface area contributed by atoms with E-state index in [1.807, 2.05) is 0 Å². The number of alkyl halides is 3. The fourth-order valence-corrected chi connectivity index (χ4v) is 4.21. The molecule has 0 bridgehead atoms. The molecule has 0 saturated heterocycles. The summed E-state index contributed by atoms with van der Waals surface area (Å²) in [5.41, 5.74) is 7.77. The van der Waals surface area contributed by atoms with E-state index in [0.717, 1.165) is 0 Å². The average Bonchev–Trinajstić information content (AvgIpc) is 3.30. The van der Waals surface area contributed by atoms with Crippen LogP contribution in [0.1, 0.15) is 30.0 Å². The highest BCUT2D eigenvalue weighted by molar-refractivity contribution is 6.00. The molecular formula is C30H28F4N4O2. The van der Waals surface area contributed by atoms with Crippen molar-refractivity contribution >= 4 is 28.0 Å². The molecule has 0 spiro atoms. The number of hydrogen-bond donors (Lipinski definition) is 3. The van der Waals surface area contributed by atoms with E-state index in [1.54, 1.807) is 79.7 Å². The number of aromatic amines is 1. The lowest BCUT2D eigenvalue weighted by Gasteiger charge is -2.19. The van der Waals surface area contributed by atoms with Crippen LogP contribution in [0.3, 0.4) is 0 Å². The Morgan fingerprint density at radius 3 is 2.40 bits per heavy atom. The average molecular weight is 553 g/mol. The third kappa shape index (κ3) is 7.35. The Hall–Kier alpha value is -4.44. The van der Waals surface area contributed by atoms with E-state index in [4.69, 9.17) is 10.5 Å². The summed E-state index contributed by atoms with van der Waals surface area (Å²) in [7, 11) is 0. The molecule has 1 aromatic heterocycles. The molecule has 0 aliphatic rings. The second-order valence-electron chi connectivity index (χ2n) is 9.11. The van der Waals surface area contributed by atoms with Crippen LogP contribution >= 0.6 is 0 Å². The normalized spacial score (nSPS) is 12.9. The zero-order valence-electron chi connectivity index (χ0n) is 21.7.